The molecule has 122 valence electrons. The second-order valence-electron chi connectivity index (χ2n) is 4.83. The van der Waals surface area contributed by atoms with Gasteiger partial charge in [-0.1, -0.05) is 0 Å². The van der Waals surface area contributed by atoms with Crippen molar-refractivity contribution in [2.45, 2.75) is 36.9 Å². The molecule has 21 heavy (non-hydrogen) atoms. The quantitative estimate of drug-likeness (QED) is 0.225. The predicted octanol–water partition coefficient (Wildman–Crippen LogP) is -3.95. The van der Waals surface area contributed by atoms with Crippen LogP contribution in [0, 0.1) is 0 Å². The average Bonchev–Trinajstić information content (AvgIpc) is 2.51. The van der Waals surface area contributed by atoms with Gasteiger partial charge >= 0.3 is 0 Å². The molecule has 1 rings (SSSR count). The second-order valence-corrected chi connectivity index (χ2v) is 4.83. The monoisotopic (exact) mass is 306 g/mol. The lowest BCUT2D eigenvalue weighted by Crippen LogP contribution is -2.47. The van der Waals surface area contributed by atoms with Gasteiger partial charge in [0, 0.05) is 12.6 Å². The van der Waals surface area contributed by atoms with Gasteiger partial charge in [0.25, 0.3) is 0 Å². The molecule has 0 amide bonds. The Morgan fingerprint density at radius 2 is 1.62 bits per heavy atom. The maximum Gasteiger partial charge on any atom is 0.122 e. The summed E-state index contributed by atoms with van der Waals surface area (Å²) in [6.07, 6.45) is -5.71. The molecule has 0 radical (unpaired) electrons. The lowest BCUT2D eigenvalue weighted by molar-refractivity contribution is -0.0558. The Bertz CT molecular complexity index is 388. The van der Waals surface area contributed by atoms with Crippen LogP contribution in [0.1, 0.15) is 6.42 Å². The summed E-state index contributed by atoms with van der Waals surface area (Å²) in [5.74, 6) is 0. The maximum absolute atomic E-state index is 9.88. The van der Waals surface area contributed by atoms with Gasteiger partial charge in [-0.2, -0.15) is 0 Å². The van der Waals surface area contributed by atoms with Gasteiger partial charge in [0.1, 0.15) is 24.4 Å². The number of rotatable bonds is 8. The molecule has 0 aliphatic carbocycles. The maximum atomic E-state index is 9.88. The zero-order valence-electron chi connectivity index (χ0n) is 11.4. The molecule has 0 spiro atoms. The van der Waals surface area contributed by atoms with Gasteiger partial charge in [0.15, 0.2) is 0 Å². The molecule has 0 fully saturated rings. The molecular formula is C12H22N2O7. The number of hydrogen-bond acceptors (Lipinski definition) is 9. The van der Waals surface area contributed by atoms with Gasteiger partial charge in [0.2, 0.25) is 0 Å². The Morgan fingerprint density at radius 1 is 1.00 bits per heavy atom. The fourth-order valence-corrected chi connectivity index (χ4v) is 1.79. The van der Waals surface area contributed by atoms with Crippen molar-refractivity contribution in [3.05, 3.63) is 11.9 Å². The molecule has 1 heterocycles. The summed E-state index contributed by atoms with van der Waals surface area (Å²) in [7, 11) is 0. The SMILES string of the molecule is OCC(O)C(O)CC1=CNCC(C(O)C(O)C(O)CO)=N1. The summed E-state index contributed by atoms with van der Waals surface area (Å²) >= 11 is 0. The lowest BCUT2D eigenvalue weighted by Gasteiger charge is -2.25. The number of hydrogen-bond donors (Lipinski definition) is 8. The fourth-order valence-electron chi connectivity index (χ4n) is 1.79. The van der Waals surface area contributed by atoms with E-state index in [0.717, 1.165) is 0 Å². The topological polar surface area (TPSA) is 166 Å². The van der Waals surface area contributed by atoms with Gasteiger partial charge in [-0.25, -0.2) is 0 Å². The number of aliphatic hydroxyl groups excluding tert-OH is 7. The van der Waals surface area contributed by atoms with E-state index in [1.807, 2.05) is 0 Å². The van der Waals surface area contributed by atoms with Crippen LogP contribution < -0.4 is 5.32 Å². The molecule has 0 aromatic rings. The first kappa shape index (κ1) is 18.0. The third-order valence-corrected chi connectivity index (χ3v) is 3.13. The van der Waals surface area contributed by atoms with Crippen LogP contribution in [-0.2, 0) is 0 Å². The minimum atomic E-state index is -1.59. The van der Waals surface area contributed by atoms with Crippen LogP contribution in [0.4, 0.5) is 0 Å². The molecule has 5 unspecified atom stereocenters. The molecule has 5 atom stereocenters. The summed E-state index contributed by atoms with van der Waals surface area (Å²) in [6, 6.07) is 0. The first-order valence-corrected chi connectivity index (χ1v) is 6.52. The Labute approximate surface area is 121 Å². The van der Waals surface area contributed by atoms with Crippen molar-refractivity contribution in [2.24, 2.45) is 4.99 Å². The highest BCUT2D eigenvalue weighted by atomic mass is 16.4. The van der Waals surface area contributed by atoms with E-state index in [2.05, 4.69) is 10.3 Å². The van der Waals surface area contributed by atoms with E-state index in [-0.39, 0.29) is 18.7 Å². The standard InChI is InChI=1S/C12H22N2O7/c15-4-9(18)8(17)1-6-2-13-3-7(14-6)11(20)12(21)10(19)5-16/h2,8-13,15-21H,1,3-5H2. The Hall–Kier alpha value is -1.07. The summed E-state index contributed by atoms with van der Waals surface area (Å²) < 4.78 is 0. The minimum Gasteiger partial charge on any atom is -0.394 e. The van der Waals surface area contributed by atoms with Crippen molar-refractivity contribution in [3.8, 4) is 0 Å². The second kappa shape index (κ2) is 8.39. The van der Waals surface area contributed by atoms with E-state index in [1.165, 1.54) is 6.20 Å². The van der Waals surface area contributed by atoms with E-state index in [0.29, 0.717) is 5.70 Å². The zero-order chi connectivity index (χ0) is 16.0. The molecule has 0 aromatic carbocycles. The van der Waals surface area contributed by atoms with Crippen LogP contribution in [0.2, 0.25) is 0 Å². The number of nitrogens with zero attached hydrogens (tertiary/aromatic N) is 1. The largest absolute Gasteiger partial charge is 0.394 e. The van der Waals surface area contributed by atoms with E-state index in [1.54, 1.807) is 0 Å². The van der Waals surface area contributed by atoms with E-state index < -0.39 is 43.7 Å². The smallest absolute Gasteiger partial charge is 0.122 e. The zero-order valence-corrected chi connectivity index (χ0v) is 11.4. The molecule has 1 aliphatic rings. The van der Waals surface area contributed by atoms with Gasteiger partial charge in [0.05, 0.1) is 37.3 Å². The molecule has 9 heteroatoms. The highest BCUT2D eigenvalue weighted by Crippen LogP contribution is 2.14. The summed E-state index contributed by atoms with van der Waals surface area (Å²) in [4.78, 5) is 4.04. The van der Waals surface area contributed by atoms with Crippen LogP contribution in [0.15, 0.2) is 16.9 Å². The molecule has 8 N–H and O–H groups in total. The van der Waals surface area contributed by atoms with Crippen LogP contribution in [0.5, 0.6) is 0 Å². The van der Waals surface area contributed by atoms with Crippen LogP contribution in [0.3, 0.4) is 0 Å². The molecular weight excluding hydrogens is 284 g/mol. The molecule has 9 nitrogen and oxygen atoms in total. The molecule has 0 bridgehead atoms. The van der Waals surface area contributed by atoms with E-state index in [4.69, 9.17) is 10.2 Å². The molecule has 0 aromatic heterocycles. The highest BCUT2D eigenvalue weighted by molar-refractivity contribution is 5.92. The van der Waals surface area contributed by atoms with Crippen molar-refractivity contribution in [1.29, 1.82) is 0 Å². The van der Waals surface area contributed by atoms with Crippen LogP contribution >= 0.6 is 0 Å². The molecule has 0 saturated heterocycles. The van der Waals surface area contributed by atoms with Crippen LogP contribution in [0.25, 0.3) is 0 Å². The molecule has 0 saturated carbocycles. The van der Waals surface area contributed by atoms with Crippen LogP contribution in [-0.4, -0.2) is 91.7 Å². The Kier molecular flexibility index (Phi) is 7.18. The third-order valence-electron chi connectivity index (χ3n) is 3.13. The van der Waals surface area contributed by atoms with Crippen molar-refractivity contribution in [2.75, 3.05) is 19.8 Å². The first-order chi connectivity index (χ1) is 9.90. The lowest BCUT2D eigenvalue weighted by atomic mass is 10.0. The van der Waals surface area contributed by atoms with Gasteiger partial charge < -0.3 is 41.1 Å². The number of aliphatic hydroxyl groups is 7. The third kappa shape index (κ3) is 5.00. The van der Waals surface area contributed by atoms with Crippen molar-refractivity contribution in [1.82, 2.24) is 5.32 Å². The predicted molar refractivity (Wildman–Crippen MR) is 72.3 cm³/mol. The summed E-state index contributed by atoms with van der Waals surface area (Å²) in [6.45, 7) is -1.18. The highest BCUT2D eigenvalue weighted by Gasteiger charge is 2.29. The Morgan fingerprint density at radius 3 is 2.19 bits per heavy atom. The normalized spacial score (nSPS) is 22.4. The minimum absolute atomic E-state index is 0.0659. The Balaban J connectivity index is 2.70. The number of nitrogens with one attached hydrogen (secondary N) is 1. The summed E-state index contributed by atoms with van der Waals surface area (Å²) in [5, 5.41) is 67.9. The van der Waals surface area contributed by atoms with Crippen molar-refractivity contribution >= 4 is 5.71 Å². The number of aliphatic imine (C=N–C) groups is 1. The van der Waals surface area contributed by atoms with E-state index >= 15 is 0 Å². The van der Waals surface area contributed by atoms with Crippen molar-refractivity contribution < 1.29 is 35.7 Å². The van der Waals surface area contributed by atoms with Gasteiger partial charge in [-0.3, -0.25) is 4.99 Å². The first-order valence-electron chi connectivity index (χ1n) is 6.52. The fraction of sp³-hybridized carbons (Fsp3) is 0.750. The van der Waals surface area contributed by atoms with Crippen molar-refractivity contribution in [3.63, 3.8) is 0 Å². The summed E-state index contributed by atoms with van der Waals surface area (Å²) in [5.41, 5.74) is 0.430. The average molecular weight is 306 g/mol. The molecule has 1 aliphatic heterocycles. The van der Waals surface area contributed by atoms with E-state index in [9.17, 15) is 25.5 Å². The van der Waals surface area contributed by atoms with Gasteiger partial charge in [-0.15, -0.1) is 0 Å². The van der Waals surface area contributed by atoms with Gasteiger partial charge in [-0.05, 0) is 0 Å².